The Morgan fingerprint density at radius 2 is 1.78 bits per heavy atom. The Morgan fingerprint density at radius 1 is 0.957 bits per heavy atom. The van der Waals surface area contributed by atoms with E-state index in [2.05, 4.69) is 18.2 Å². The molecule has 1 aliphatic heterocycles. The highest BCUT2D eigenvalue weighted by molar-refractivity contribution is 5.95. The summed E-state index contributed by atoms with van der Waals surface area (Å²) >= 11 is 0. The lowest BCUT2D eigenvalue weighted by molar-refractivity contribution is -0.120. The number of ether oxygens (including phenoxy) is 1. The van der Waals surface area contributed by atoms with Gasteiger partial charge in [-0.25, -0.2) is 0 Å². The second kappa shape index (κ2) is 6.07. The first kappa shape index (κ1) is 14.3. The summed E-state index contributed by atoms with van der Waals surface area (Å²) < 4.78 is 5.77. The topological polar surface area (TPSA) is 29.5 Å². The van der Waals surface area contributed by atoms with Crippen LogP contribution in [0.4, 0.5) is 5.69 Å². The molecule has 1 heterocycles. The summed E-state index contributed by atoms with van der Waals surface area (Å²) in [5.41, 5.74) is 5.10. The third kappa shape index (κ3) is 2.83. The largest absolute Gasteiger partial charge is 0.484 e. The molecule has 3 nitrogen and oxygen atoms in total. The maximum Gasteiger partial charge on any atom is 0.264 e. The normalized spacial score (nSPS) is 15.9. The second-order valence-corrected chi connectivity index (χ2v) is 6.35. The molecule has 1 aliphatic carbocycles. The molecule has 2 aliphatic rings. The van der Waals surface area contributed by atoms with E-state index >= 15 is 0 Å². The summed E-state index contributed by atoms with van der Waals surface area (Å²) in [5.74, 6) is 0.849. The van der Waals surface area contributed by atoms with Crippen molar-refractivity contribution < 1.29 is 9.53 Å². The average molecular weight is 307 g/mol. The van der Waals surface area contributed by atoms with Gasteiger partial charge >= 0.3 is 0 Å². The minimum absolute atomic E-state index is 0.0395. The number of carbonyl (C=O) groups excluding carboxylic acids is 1. The molecule has 0 saturated heterocycles. The minimum atomic E-state index is 0.0395. The third-order valence-electron chi connectivity index (χ3n) is 4.84. The number of amides is 1. The lowest BCUT2D eigenvalue weighted by atomic mass is 10.0. The van der Waals surface area contributed by atoms with Crippen molar-refractivity contribution in [1.82, 2.24) is 0 Å². The first-order valence-electron chi connectivity index (χ1n) is 8.44. The van der Waals surface area contributed by atoms with E-state index < -0.39 is 0 Å². The number of anilines is 1. The van der Waals surface area contributed by atoms with Crippen LogP contribution in [-0.4, -0.2) is 19.1 Å². The molecule has 1 amide bonds. The first-order valence-corrected chi connectivity index (χ1v) is 8.44. The number of carbonyl (C=O) groups is 1. The lowest BCUT2D eigenvalue weighted by Crippen LogP contribution is -2.38. The fourth-order valence-corrected chi connectivity index (χ4v) is 3.65. The van der Waals surface area contributed by atoms with Gasteiger partial charge in [0.05, 0.1) is 0 Å². The van der Waals surface area contributed by atoms with E-state index in [1.807, 2.05) is 29.2 Å². The van der Waals surface area contributed by atoms with Crippen LogP contribution in [0.3, 0.4) is 0 Å². The number of aryl methyl sites for hydroxylation is 3. The molecule has 0 unspecified atom stereocenters. The first-order chi connectivity index (χ1) is 11.3. The molecule has 0 bridgehead atoms. The summed E-state index contributed by atoms with van der Waals surface area (Å²) in [5, 5.41) is 0. The summed E-state index contributed by atoms with van der Waals surface area (Å²) in [6, 6.07) is 14.4. The fraction of sp³-hybridized carbons (Fsp3) is 0.350. The van der Waals surface area contributed by atoms with Crippen LogP contribution in [0.1, 0.15) is 29.5 Å². The molecule has 0 radical (unpaired) electrons. The molecule has 23 heavy (non-hydrogen) atoms. The van der Waals surface area contributed by atoms with Gasteiger partial charge in [0, 0.05) is 12.2 Å². The van der Waals surface area contributed by atoms with Crippen molar-refractivity contribution in [2.45, 2.75) is 32.1 Å². The zero-order chi connectivity index (χ0) is 15.6. The summed E-state index contributed by atoms with van der Waals surface area (Å²) in [7, 11) is 0. The van der Waals surface area contributed by atoms with E-state index in [1.54, 1.807) is 0 Å². The molecule has 0 atom stereocenters. The predicted octanol–water partition coefficient (Wildman–Crippen LogP) is 3.53. The Labute approximate surface area is 136 Å². The van der Waals surface area contributed by atoms with Crippen molar-refractivity contribution >= 4 is 11.6 Å². The van der Waals surface area contributed by atoms with Crippen molar-refractivity contribution in [2.75, 3.05) is 18.1 Å². The Kier molecular flexibility index (Phi) is 3.78. The van der Waals surface area contributed by atoms with Gasteiger partial charge in [0.2, 0.25) is 0 Å². The van der Waals surface area contributed by atoms with E-state index in [0.717, 1.165) is 37.2 Å². The number of para-hydroxylation sites is 1. The van der Waals surface area contributed by atoms with Gasteiger partial charge < -0.3 is 9.64 Å². The monoisotopic (exact) mass is 307 g/mol. The van der Waals surface area contributed by atoms with Gasteiger partial charge in [0.1, 0.15) is 5.75 Å². The lowest BCUT2D eigenvalue weighted by Gasteiger charge is -2.29. The molecular formula is C20H21NO2. The zero-order valence-electron chi connectivity index (χ0n) is 13.3. The maximum atomic E-state index is 12.6. The Bertz CT molecular complexity index is 738. The van der Waals surface area contributed by atoms with Gasteiger partial charge in [0.15, 0.2) is 6.61 Å². The third-order valence-corrected chi connectivity index (χ3v) is 4.84. The Balaban J connectivity index is 1.45. The van der Waals surface area contributed by atoms with Crippen LogP contribution in [-0.2, 0) is 24.1 Å². The highest BCUT2D eigenvalue weighted by atomic mass is 16.5. The molecule has 0 fully saturated rings. The molecule has 118 valence electrons. The molecule has 0 saturated carbocycles. The van der Waals surface area contributed by atoms with Crippen molar-refractivity contribution in [3.63, 3.8) is 0 Å². The molecule has 4 rings (SSSR count). The summed E-state index contributed by atoms with van der Waals surface area (Å²) in [4.78, 5) is 14.4. The van der Waals surface area contributed by atoms with Gasteiger partial charge in [-0.05, 0) is 67.0 Å². The van der Waals surface area contributed by atoms with Gasteiger partial charge in [-0.1, -0.05) is 24.3 Å². The highest BCUT2D eigenvalue weighted by Gasteiger charge is 2.22. The summed E-state index contributed by atoms with van der Waals surface area (Å²) in [6.07, 6.45) is 5.58. The van der Waals surface area contributed by atoms with Crippen molar-refractivity contribution in [2.24, 2.45) is 0 Å². The second-order valence-electron chi connectivity index (χ2n) is 6.35. The van der Waals surface area contributed by atoms with Crippen LogP contribution in [0, 0.1) is 0 Å². The number of hydrogen-bond acceptors (Lipinski definition) is 2. The molecule has 0 spiro atoms. The molecule has 0 aromatic heterocycles. The predicted molar refractivity (Wildman–Crippen MR) is 91.1 cm³/mol. The van der Waals surface area contributed by atoms with E-state index in [0.29, 0.717) is 0 Å². The molecule has 2 aromatic rings. The van der Waals surface area contributed by atoms with Crippen LogP contribution in [0.2, 0.25) is 0 Å². The van der Waals surface area contributed by atoms with Gasteiger partial charge in [-0.15, -0.1) is 0 Å². The number of nitrogens with zero attached hydrogens (tertiary/aromatic N) is 1. The van der Waals surface area contributed by atoms with E-state index in [4.69, 9.17) is 4.74 Å². The maximum absolute atomic E-state index is 12.6. The molecule has 3 heteroatoms. The number of rotatable bonds is 3. The number of fused-ring (bicyclic) bond motifs is 2. The van der Waals surface area contributed by atoms with Crippen molar-refractivity contribution in [3.05, 3.63) is 59.2 Å². The standard InChI is InChI=1S/C20H21NO2/c22-20(21-12-4-8-16-5-1-2-9-19(16)21)14-23-18-11-10-15-6-3-7-17(15)13-18/h1-2,5,9-11,13H,3-4,6-8,12,14H2. The van der Waals surface area contributed by atoms with Crippen LogP contribution in [0.25, 0.3) is 0 Å². The van der Waals surface area contributed by atoms with Crippen LogP contribution < -0.4 is 9.64 Å². The average Bonchev–Trinajstić information content (AvgIpc) is 3.07. The zero-order valence-corrected chi connectivity index (χ0v) is 13.3. The van der Waals surface area contributed by atoms with Crippen LogP contribution >= 0.6 is 0 Å². The fourth-order valence-electron chi connectivity index (χ4n) is 3.65. The SMILES string of the molecule is O=C(COc1ccc2c(c1)CCC2)N1CCCc2ccccc21. The highest BCUT2D eigenvalue weighted by Crippen LogP contribution is 2.28. The molecule has 2 aromatic carbocycles. The Morgan fingerprint density at radius 3 is 2.74 bits per heavy atom. The van der Waals surface area contributed by atoms with E-state index in [1.165, 1.54) is 29.5 Å². The van der Waals surface area contributed by atoms with Gasteiger partial charge in [0.25, 0.3) is 5.91 Å². The van der Waals surface area contributed by atoms with Crippen molar-refractivity contribution in [3.8, 4) is 5.75 Å². The van der Waals surface area contributed by atoms with Gasteiger partial charge in [-0.2, -0.15) is 0 Å². The molecule has 0 N–H and O–H groups in total. The minimum Gasteiger partial charge on any atom is -0.484 e. The number of benzene rings is 2. The smallest absolute Gasteiger partial charge is 0.264 e. The Hall–Kier alpha value is -2.29. The van der Waals surface area contributed by atoms with Gasteiger partial charge in [-0.3, -0.25) is 4.79 Å². The molecular weight excluding hydrogens is 286 g/mol. The van der Waals surface area contributed by atoms with Crippen molar-refractivity contribution in [1.29, 1.82) is 0 Å². The van der Waals surface area contributed by atoms with E-state index in [-0.39, 0.29) is 12.5 Å². The van der Waals surface area contributed by atoms with Crippen LogP contribution in [0.5, 0.6) is 5.75 Å². The van der Waals surface area contributed by atoms with E-state index in [9.17, 15) is 4.79 Å². The van der Waals surface area contributed by atoms with Crippen LogP contribution in [0.15, 0.2) is 42.5 Å². The number of hydrogen-bond donors (Lipinski definition) is 0. The quantitative estimate of drug-likeness (QED) is 0.868. The summed E-state index contributed by atoms with van der Waals surface area (Å²) in [6.45, 7) is 0.885.